The fourth-order valence-corrected chi connectivity index (χ4v) is 1.84. The van der Waals surface area contributed by atoms with Crippen molar-refractivity contribution in [3.8, 4) is 0 Å². The molecule has 0 fully saturated rings. The molecule has 0 aromatic heterocycles. The summed E-state index contributed by atoms with van der Waals surface area (Å²) in [5.41, 5.74) is 0. The summed E-state index contributed by atoms with van der Waals surface area (Å²) in [5.74, 6) is 0.297. The van der Waals surface area contributed by atoms with Gasteiger partial charge in [-0.05, 0) is 45.4 Å². The number of hydrogen-bond donors (Lipinski definition) is 0. The van der Waals surface area contributed by atoms with Crippen LogP contribution in [0.4, 0.5) is 0 Å². The van der Waals surface area contributed by atoms with Crippen LogP contribution in [0.3, 0.4) is 0 Å². The van der Waals surface area contributed by atoms with Gasteiger partial charge in [-0.3, -0.25) is 0 Å². The zero-order valence-electron chi connectivity index (χ0n) is 15.2. The van der Waals surface area contributed by atoms with E-state index in [1.165, 1.54) is 19.3 Å². The number of unbranched alkanes of at least 4 members (excludes halogenated alkanes) is 5. The van der Waals surface area contributed by atoms with Gasteiger partial charge in [-0.1, -0.05) is 62.6 Å². The second kappa shape index (κ2) is 15.9. The van der Waals surface area contributed by atoms with E-state index in [4.69, 9.17) is 2.74 Å². The molecule has 0 bridgehead atoms. The van der Waals surface area contributed by atoms with Gasteiger partial charge in [0.15, 0.2) is 0 Å². The Labute approximate surface area is 128 Å². The quantitative estimate of drug-likeness (QED) is 0.291. The highest BCUT2D eigenvalue weighted by Gasteiger charge is 1.93. The first kappa shape index (κ1) is 15.3. The Morgan fingerprint density at radius 2 is 1.55 bits per heavy atom. The first-order chi connectivity index (χ1) is 10.5. The number of rotatable bonds is 13. The van der Waals surface area contributed by atoms with Gasteiger partial charge in [-0.15, -0.1) is 0 Å². The minimum Gasteiger partial charge on any atom is -0.300 e. The number of Topliss-reactive ketones (excluding diaryl/α,β-unsaturated/α-hetero) is 1. The number of carbonyl (C=O) groups is 1. The lowest BCUT2D eigenvalue weighted by Crippen LogP contribution is -1.89. The van der Waals surface area contributed by atoms with Crippen molar-refractivity contribution in [2.45, 2.75) is 78.0 Å². The summed E-state index contributed by atoms with van der Waals surface area (Å²) in [5, 5.41) is 0. The summed E-state index contributed by atoms with van der Waals surface area (Å²) >= 11 is 0. The molecular formula is C19H32O. The van der Waals surface area contributed by atoms with Gasteiger partial charge in [0.05, 0.1) is 0 Å². The van der Waals surface area contributed by atoms with Gasteiger partial charge in [0.25, 0.3) is 0 Å². The summed E-state index contributed by atoms with van der Waals surface area (Å²) < 4.78 is 15.5. The van der Waals surface area contributed by atoms with Crippen LogP contribution in [-0.4, -0.2) is 5.78 Å². The summed E-state index contributed by atoms with van der Waals surface area (Å²) in [4.78, 5) is 10.8. The molecule has 1 heteroatoms. The molecule has 0 rings (SSSR count). The maximum atomic E-state index is 10.8. The molecule has 0 aromatic rings. The number of carbonyl (C=O) groups excluding carboxylic acids is 1. The SMILES string of the molecule is [2H]C([2H])(/C=C\CC)/C=C\C/C=C\CCCCCCCC(C)=O. The normalized spacial score (nSPS) is 14.3. The molecule has 0 aromatic carbocycles. The average Bonchev–Trinajstić information content (AvgIpc) is 2.46. The fraction of sp³-hybridized carbons (Fsp3) is 0.632. The Bertz CT molecular complexity index is 368. The topological polar surface area (TPSA) is 17.1 Å². The van der Waals surface area contributed by atoms with Crippen molar-refractivity contribution < 1.29 is 7.54 Å². The van der Waals surface area contributed by atoms with Gasteiger partial charge in [-0.25, -0.2) is 0 Å². The largest absolute Gasteiger partial charge is 0.300 e. The second-order valence-electron chi connectivity index (χ2n) is 5.10. The zero-order valence-corrected chi connectivity index (χ0v) is 13.2. The van der Waals surface area contributed by atoms with Gasteiger partial charge < -0.3 is 4.79 Å². The van der Waals surface area contributed by atoms with Gasteiger partial charge in [0, 0.05) is 9.16 Å². The van der Waals surface area contributed by atoms with E-state index in [9.17, 15) is 4.79 Å². The van der Waals surface area contributed by atoms with Crippen LogP contribution in [0.1, 0.15) is 80.7 Å². The summed E-state index contributed by atoms with van der Waals surface area (Å²) in [7, 11) is 0. The number of ketones is 1. The number of allylic oxidation sites excluding steroid dienone is 6. The number of hydrogen-bond acceptors (Lipinski definition) is 1. The van der Waals surface area contributed by atoms with E-state index in [2.05, 4.69) is 12.2 Å². The van der Waals surface area contributed by atoms with Crippen LogP contribution >= 0.6 is 0 Å². The van der Waals surface area contributed by atoms with Gasteiger partial charge in [0.2, 0.25) is 0 Å². The molecule has 1 nitrogen and oxygen atoms in total. The average molecular weight is 278 g/mol. The first-order valence-corrected chi connectivity index (χ1v) is 7.98. The molecule has 0 unspecified atom stereocenters. The third kappa shape index (κ3) is 16.9. The van der Waals surface area contributed by atoms with Crippen molar-refractivity contribution in [1.29, 1.82) is 0 Å². The van der Waals surface area contributed by atoms with Crippen molar-refractivity contribution in [3.05, 3.63) is 36.5 Å². The highest BCUT2D eigenvalue weighted by atomic mass is 16.1. The summed E-state index contributed by atoms with van der Waals surface area (Å²) in [6.45, 7) is 3.66. The maximum absolute atomic E-state index is 10.8. The molecule has 114 valence electrons. The molecule has 0 aliphatic rings. The lowest BCUT2D eigenvalue weighted by molar-refractivity contribution is -0.117. The van der Waals surface area contributed by atoms with Gasteiger partial charge in [-0.2, -0.15) is 0 Å². The van der Waals surface area contributed by atoms with Crippen LogP contribution in [0.5, 0.6) is 0 Å². The van der Waals surface area contributed by atoms with Crippen LogP contribution in [-0.2, 0) is 4.79 Å². The zero-order chi connectivity index (χ0) is 16.7. The van der Waals surface area contributed by atoms with Crippen molar-refractivity contribution >= 4 is 5.78 Å². The lowest BCUT2D eigenvalue weighted by Gasteiger charge is -1.98. The minimum atomic E-state index is -1.33. The summed E-state index contributed by atoms with van der Waals surface area (Å²) in [6, 6.07) is 0. The maximum Gasteiger partial charge on any atom is 0.129 e. The van der Waals surface area contributed by atoms with E-state index >= 15 is 0 Å². The molecule has 0 atom stereocenters. The standard InChI is InChI=1S/C19H32O/c1-3-4-5-6-7-8-9-10-11-12-13-14-15-16-17-18-19(2)20/h4-5,7-8,10-11H,3,6,9,12-18H2,1-2H3/b5-4-,8-7-,11-10-/i6D2. The smallest absolute Gasteiger partial charge is 0.129 e. The molecule has 0 heterocycles. The van der Waals surface area contributed by atoms with Crippen LogP contribution < -0.4 is 0 Å². The Hall–Kier alpha value is -1.11. The molecular weight excluding hydrogens is 244 g/mol. The summed E-state index contributed by atoms with van der Waals surface area (Å²) in [6.07, 6.45) is 19.2. The van der Waals surface area contributed by atoms with Crippen molar-refractivity contribution in [2.24, 2.45) is 0 Å². The van der Waals surface area contributed by atoms with Crippen LogP contribution in [0.25, 0.3) is 0 Å². The molecule has 0 aliphatic heterocycles. The second-order valence-corrected chi connectivity index (χ2v) is 5.10. The monoisotopic (exact) mass is 278 g/mol. The van der Waals surface area contributed by atoms with Gasteiger partial charge in [0.1, 0.15) is 5.78 Å². The molecule has 0 saturated heterocycles. The molecule has 20 heavy (non-hydrogen) atoms. The Balaban J connectivity index is 3.55. The van der Waals surface area contributed by atoms with E-state index in [-0.39, 0.29) is 0 Å². The van der Waals surface area contributed by atoms with Crippen LogP contribution in [0, 0.1) is 0 Å². The fourth-order valence-electron chi connectivity index (χ4n) is 1.84. The van der Waals surface area contributed by atoms with Crippen LogP contribution in [0.15, 0.2) is 36.5 Å². The predicted octanol–water partition coefficient (Wildman–Crippen LogP) is 6.16. The Morgan fingerprint density at radius 3 is 2.30 bits per heavy atom. The molecule has 0 amide bonds. The lowest BCUT2D eigenvalue weighted by atomic mass is 10.1. The molecule has 0 N–H and O–H groups in total. The first-order valence-electron chi connectivity index (χ1n) is 8.98. The third-order valence-electron chi connectivity index (χ3n) is 3.00. The predicted molar refractivity (Wildman–Crippen MR) is 89.9 cm³/mol. The van der Waals surface area contributed by atoms with Crippen molar-refractivity contribution in [1.82, 2.24) is 0 Å². The van der Waals surface area contributed by atoms with E-state index in [1.807, 2.05) is 19.1 Å². The molecule has 0 aliphatic carbocycles. The molecule has 0 spiro atoms. The Morgan fingerprint density at radius 1 is 0.900 bits per heavy atom. The van der Waals surface area contributed by atoms with Crippen molar-refractivity contribution in [2.75, 3.05) is 0 Å². The Kier molecular flexibility index (Phi) is 12.2. The highest BCUT2D eigenvalue weighted by molar-refractivity contribution is 5.75. The molecule has 0 radical (unpaired) electrons. The van der Waals surface area contributed by atoms with Crippen molar-refractivity contribution in [3.63, 3.8) is 0 Å². The van der Waals surface area contributed by atoms with Crippen LogP contribution in [0.2, 0.25) is 0 Å². The van der Waals surface area contributed by atoms with E-state index in [1.54, 1.807) is 19.1 Å². The van der Waals surface area contributed by atoms with E-state index in [0.717, 1.165) is 38.5 Å². The van der Waals surface area contributed by atoms with E-state index < -0.39 is 6.37 Å². The van der Waals surface area contributed by atoms with Gasteiger partial charge >= 0.3 is 0 Å². The minimum absolute atomic E-state index is 0.297. The molecule has 0 saturated carbocycles. The van der Waals surface area contributed by atoms with E-state index in [0.29, 0.717) is 5.78 Å². The third-order valence-corrected chi connectivity index (χ3v) is 3.00. The highest BCUT2D eigenvalue weighted by Crippen LogP contribution is 2.08.